The molecule has 0 bridgehead atoms. The number of benzene rings is 1. The maximum Gasteiger partial charge on any atom is 0.490 e. The molecule has 3 rings (SSSR count). The zero-order valence-corrected chi connectivity index (χ0v) is 17.3. The van der Waals surface area contributed by atoms with E-state index in [9.17, 15) is 18.0 Å². The minimum atomic E-state index is -5.08. The number of carbonyl (C=O) groups is 2. The lowest BCUT2D eigenvalue weighted by molar-refractivity contribution is -0.192. The van der Waals surface area contributed by atoms with Gasteiger partial charge in [0, 0.05) is 44.6 Å². The molecule has 0 unspecified atom stereocenters. The Morgan fingerprint density at radius 2 is 1.87 bits per heavy atom. The van der Waals surface area contributed by atoms with Gasteiger partial charge in [-0.3, -0.25) is 4.79 Å². The Balaban J connectivity index is 0.000000396. The van der Waals surface area contributed by atoms with Gasteiger partial charge in [-0.25, -0.2) is 4.79 Å². The van der Waals surface area contributed by atoms with Crippen LogP contribution in [0.3, 0.4) is 0 Å². The summed E-state index contributed by atoms with van der Waals surface area (Å²) < 4.78 is 37.2. The molecule has 2 heterocycles. The van der Waals surface area contributed by atoms with E-state index in [2.05, 4.69) is 16.7 Å². The highest BCUT2D eigenvalue weighted by atomic mass is 19.4. The lowest BCUT2D eigenvalue weighted by atomic mass is 9.77. The Morgan fingerprint density at radius 1 is 1.23 bits per heavy atom. The first-order valence-corrected chi connectivity index (χ1v) is 9.94. The second kappa shape index (κ2) is 10.3. The van der Waals surface area contributed by atoms with Crippen LogP contribution in [0.25, 0.3) is 0 Å². The molecule has 2 aliphatic heterocycles. The summed E-state index contributed by atoms with van der Waals surface area (Å²) in [5.74, 6) is -1.95. The number of carboxylic acids is 1. The number of likely N-dealkylation sites (tertiary alicyclic amines) is 2. The van der Waals surface area contributed by atoms with Gasteiger partial charge in [0.1, 0.15) is 0 Å². The Hall–Kier alpha value is -2.13. The fraction of sp³-hybridized carbons (Fsp3) is 0.619. The maximum atomic E-state index is 12.7. The second-order valence-corrected chi connectivity index (χ2v) is 7.87. The topological polar surface area (TPSA) is 70.1 Å². The number of amides is 1. The fourth-order valence-corrected chi connectivity index (χ4v) is 4.27. The number of hydrogen-bond acceptors (Lipinski definition) is 4. The predicted octanol–water partition coefficient (Wildman–Crippen LogP) is 2.68. The van der Waals surface area contributed by atoms with E-state index < -0.39 is 12.1 Å². The number of hydrogen-bond donors (Lipinski definition) is 1. The van der Waals surface area contributed by atoms with Crippen molar-refractivity contribution in [3.63, 3.8) is 0 Å². The lowest BCUT2D eigenvalue weighted by Crippen LogP contribution is -2.38. The van der Waals surface area contributed by atoms with Gasteiger partial charge in [0.15, 0.2) is 0 Å². The molecule has 2 saturated heterocycles. The van der Waals surface area contributed by atoms with E-state index in [4.69, 9.17) is 14.6 Å². The van der Waals surface area contributed by atoms with Crippen LogP contribution >= 0.6 is 0 Å². The van der Waals surface area contributed by atoms with E-state index in [1.165, 1.54) is 0 Å². The first-order chi connectivity index (χ1) is 14.1. The molecule has 2 fully saturated rings. The molecule has 0 radical (unpaired) electrons. The minimum absolute atomic E-state index is 0.234. The van der Waals surface area contributed by atoms with E-state index in [0.29, 0.717) is 12.3 Å². The number of halogens is 3. The first kappa shape index (κ1) is 24.1. The molecule has 1 spiro atoms. The summed E-state index contributed by atoms with van der Waals surface area (Å²) >= 11 is 0. The number of aliphatic carboxylic acids is 1. The summed E-state index contributed by atoms with van der Waals surface area (Å²) in [6.07, 6.45) is -3.46. The van der Waals surface area contributed by atoms with Crippen LogP contribution in [0.1, 0.15) is 18.9 Å². The zero-order chi connectivity index (χ0) is 22.4. The monoisotopic (exact) mass is 430 g/mol. The highest BCUT2D eigenvalue weighted by Crippen LogP contribution is 2.44. The van der Waals surface area contributed by atoms with Crippen molar-refractivity contribution in [3.8, 4) is 0 Å². The van der Waals surface area contributed by atoms with Crippen LogP contribution in [-0.2, 0) is 20.7 Å². The molecule has 0 aliphatic carbocycles. The van der Waals surface area contributed by atoms with Crippen molar-refractivity contribution in [2.45, 2.75) is 25.9 Å². The fourth-order valence-electron chi connectivity index (χ4n) is 4.27. The van der Waals surface area contributed by atoms with Gasteiger partial charge in [-0.15, -0.1) is 0 Å². The molecule has 0 saturated carbocycles. The maximum absolute atomic E-state index is 12.7. The summed E-state index contributed by atoms with van der Waals surface area (Å²) in [6, 6.07) is 10.1. The van der Waals surface area contributed by atoms with Crippen molar-refractivity contribution in [3.05, 3.63) is 35.9 Å². The number of carboxylic acid groups (broad SMARTS) is 1. The number of methoxy groups -OCH3 is 1. The summed E-state index contributed by atoms with van der Waals surface area (Å²) in [4.78, 5) is 26.1. The number of carbonyl (C=O) groups excluding carboxylic acids is 1. The lowest BCUT2D eigenvalue weighted by Gasteiger charge is -2.30. The minimum Gasteiger partial charge on any atom is -0.475 e. The smallest absolute Gasteiger partial charge is 0.475 e. The van der Waals surface area contributed by atoms with Crippen molar-refractivity contribution < 1.29 is 32.6 Å². The van der Waals surface area contributed by atoms with Gasteiger partial charge in [0.05, 0.1) is 13.0 Å². The molecule has 1 aromatic rings. The molecule has 2 aliphatic rings. The molecule has 2 atom stereocenters. The molecule has 1 aromatic carbocycles. The standard InChI is InChI=1S/C19H28N2O2.C2HF3O2/c1-3-20-12-17(13-23-2)19(14-20)9-10-21(15-19)18(22)11-16-7-5-4-6-8-16;3-2(4,5)1(6)7/h4-8,17H,3,9-15H2,1-2H3;(H,6,7)/t17-,19-;/m1./s1. The Bertz CT molecular complexity index is 714. The molecular formula is C21H29F3N2O4. The molecule has 168 valence electrons. The Kier molecular flexibility index (Phi) is 8.25. The average molecular weight is 430 g/mol. The molecule has 6 nitrogen and oxygen atoms in total. The van der Waals surface area contributed by atoms with Crippen LogP contribution in [0, 0.1) is 11.3 Å². The van der Waals surface area contributed by atoms with Gasteiger partial charge >= 0.3 is 12.1 Å². The van der Waals surface area contributed by atoms with E-state index >= 15 is 0 Å². The number of alkyl halides is 3. The molecule has 1 N–H and O–H groups in total. The van der Waals surface area contributed by atoms with Gasteiger partial charge in [0.25, 0.3) is 0 Å². The van der Waals surface area contributed by atoms with Crippen molar-refractivity contribution in [1.29, 1.82) is 0 Å². The third-order valence-electron chi connectivity index (χ3n) is 5.88. The quantitative estimate of drug-likeness (QED) is 0.778. The molecule has 1 amide bonds. The van der Waals surface area contributed by atoms with Gasteiger partial charge in [0.2, 0.25) is 5.91 Å². The normalized spacial score (nSPS) is 24.0. The van der Waals surface area contributed by atoms with Crippen LogP contribution in [0.5, 0.6) is 0 Å². The largest absolute Gasteiger partial charge is 0.490 e. The summed E-state index contributed by atoms with van der Waals surface area (Å²) in [5, 5.41) is 7.12. The van der Waals surface area contributed by atoms with Crippen molar-refractivity contribution >= 4 is 11.9 Å². The highest BCUT2D eigenvalue weighted by Gasteiger charge is 2.50. The van der Waals surface area contributed by atoms with Gasteiger partial charge in [-0.05, 0) is 18.5 Å². The number of nitrogens with zero attached hydrogens (tertiary/aromatic N) is 2. The Labute approximate surface area is 174 Å². The SMILES string of the molecule is CCN1C[C@H](COC)[C@]2(CCN(C(=O)Cc3ccccc3)C2)C1.O=C(O)C(F)(F)F. The van der Waals surface area contributed by atoms with Crippen LogP contribution in [-0.4, -0.2) is 79.4 Å². The summed E-state index contributed by atoms with van der Waals surface area (Å²) in [7, 11) is 1.79. The number of ether oxygens (including phenoxy) is 1. The number of rotatable bonds is 5. The van der Waals surface area contributed by atoms with Crippen LogP contribution < -0.4 is 0 Å². The highest BCUT2D eigenvalue weighted by molar-refractivity contribution is 5.79. The molecule has 9 heteroatoms. The molecule has 30 heavy (non-hydrogen) atoms. The second-order valence-electron chi connectivity index (χ2n) is 7.87. The van der Waals surface area contributed by atoms with Gasteiger partial charge in [-0.2, -0.15) is 13.2 Å². The van der Waals surface area contributed by atoms with E-state index in [1.54, 1.807) is 7.11 Å². The van der Waals surface area contributed by atoms with Crippen LogP contribution in [0.4, 0.5) is 13.2 Å². The summed E-state index contributed by atoms with van der Waals surface area (Å²) in [6.45, 7) is 8.09. The van der Waals surface area contributed by atoms with Gasteiger partial charge < -0.3 is 19.6 Å². The third kappa shape index (κ3) is 6.18. The van der Waals surface area contributed by atoms with E-state index in [-0.39, 0.29) is 11.3 Å². The van der Waals surface area contributed by atoms with Crippen molar-refractivity contribution in [2.75, 3.05) is 46.4 Å². The third-order valence-corrected chi connectivity index (χ3v) is 5.88. The zero-order valence-electron chi connectivity index (χ0n) is 17.3. The average Bonchev–Trinajstić information content (AvgIpc) is 3.27. The Morgan fingerprint density at radius 3 is 2.40 bits per heavy atom. The van der Waals surface area contributed by atoms with Crippen LogP contribution in [0.2, 0.25) is 0 Å². The first-order valence-electron chi connectivity index (χ1n) is 9.94. The predicted molar refractivity (Wildman–Crippen MR) is 105 cm³/mol. The van der Waals surface area contributed by atoms with Crippen molar-refractivity contribution in [2.24, 2.45) is 11.3 Å². The van der Waals surface area contributed by atoms with Crippen molar-refractivity contribution in [1.82, 2.24) is 9.80 Å². The van der Waals surface area contributed by atoms with E-state index in [0.717, 1.165) is 51.3 Å². The van der Waals surface area contributed by atoms with Crippen LogP contribution in [0.15, 0.2) is 30.3 Å². The summed E-state index contributed by atoms with van der Waals surface area (Å²) in [5.41, 5.74) is 1.34. The molecule has 0 aromatic heterocycles. The van der Waals surface area contributed by atoms with E-state index in [1.807, 2.05) is 30.3 Å². The van der Waals surface area contributed by atoms with Gasteiger partial charge in [-0.1, -0.05) is 37.3 Å². The molecular weight excluding hydrogens is 401 g/mol.